The molecule has 3 heterocycles. The topological polar surface area (TPSA) is 75.7 Å². The predicted octanol–water partition coefficient (Wildman–Crippen LogP) is 2.59. The van der Waals surface area contributed by atoms with Crippen LogP contribution < -0.4 is 0 Å². The summed E-state index contributed by atoms with van der Waals surface area (Å²) >= 11 is 3.13. The van der Waals surface area contributed by atoms with E-state index in [1.54, 1.807) is 11.3 Å². The molecule has 0 spiro atoms. The van der Waals surface area contributed by atoms with Gasteiger partial charge in [-0.25, -0.2) is 4.98 Å². The zero-order valence-electron chi connectivity index (χ0n) is 10.2. The van der Waals surface area contributed by atoms with Gasteiger partial charge in [-0.1, -0.05) is 6.07 Å². The van der Waals surface area contributed by atoms with Gasteiger partial charge in [-0.3, -0.25) is 14.7 Å². The number of thiophene rings is 2. The summed E-state index contributed by atoms with van der Waals surface area (Å²) in [6.07, 6.45) is 1.29. The van der Waals surface area contributed by atoms with Crippen molar-refractivity contribution in [3.05, 3.63) is 46.0 Å². The van der Waals surface area contributed by atoms with Crippen LogP contribution in [0.1, 0.15) is 16.2 Å². The van der Waals surface area contributed by atoms with Crippen molar-refractivity contribution in [1.82, 2.24) is 15.2 Å². The van der Waals surface area contributed by atoms with Crippen LogP contribution >= 0.6 is 22.7 Å². The molecule has 3 aromatic heterocycles. The molecule has 0 fully saturated rings. The van der Waals surface area contributed by atoms with Gasteiger partial charge in [0.1, 0.15) is 6.33 Å². The second-order valence-electron chi connectivity index (χ2n) is 4.05. The molecule has 0 unspecified atom stereocenters. The van der Waals surface area contributed by atoms with E-state index in [4.69, 9.17) is 0 Å². The number of carbonyl (C=O) groups is 2. The zero-order chi connectivity index (χ0) is 13.9. The van der Waals surface area contributed by atoms with Gasteiger partial charge in [0, 0.05) is 16.9 Å². The van der Waals surface area contributed by atoms with Gasteiger partial charge in [-0.15, -0.1) is 11.3 Å². The lowest BCUT2D eigenvalue weighted by Crippen LogP contribution is -2.18. The van der Waals surface area contributed by atoms with Gasteiger partial charge in [0.15, 0.2) is 5.82 Å². The largest absolute Gasteiger partial charge is 0.290 e. The molecule has 0 atom stereocenters. The highest BCUT2D eigenvalue weighted by Gasteiger charge is 2.21. The molecule has 5 nitrogen and oxygen atoms in total. The van der Waals surface area contributed by atoms with Crippen molar-refractivity contribution in [1.29, 1.82) is 0 Å². The molecule has 0 amide bonds. The third-order valence-corrected chi connectivity index (χ3v) is 4.46. The molecule has 0 saturated carbocycles. The smallest absolute Gasteiger partial charge is 0.265 e. The Hall–Kier alpha value is -2.12. The number of carbonyl (C=O) groups excluding carboxylic acids is 2. The first-order chi connectivity index (χ1) is 9.75. The highest BCUT2D eigenvalue weighted by molar-refractivity contribution is 7.14. The number of aromatic amines is 1. The number of nitrogens with zero attached hydrogens (tertiary/aromatic N) is 2. The van der Waals surface area contributed by atoms with Crippen LogP contribution in [0.2, 0.25) is 0 Å². The van der Waals surface area contributed by atoms with Crippen LogP contribution in [-0.2, 0) is 11.2 Å². The molecule has 7 heteroatoms. The fraction of sp³-hybridized carbons (Fsp3) is 0.0769. The molecule has 0 radical (unpaired) electrons. The fourth-order valence-electron chi connectivity index (χ4n) is 1.81. The fourth-order valence-corrected chi connectivity index (χ4v) is 3.52. The van der Waals surface area contributed by atoms with Gasteiger partial charge in [-0.2, -0.15) is 16.4 Å². The van der Waals surface area contributed by atoms with Crippen LogP contribution in [0.25, 0.3) is 10.4 Å². The minimum absolute atomic E-state index is 0.0112. The Morgan fingerprint density at radius 1 is 1.30 bits per heavy atom. The van der Waals surface area contributed by atoms with Gasteiger partial charge < -0.3 is 0 Å². The molecule has 0 bridgehead atoms. The standard InChI is InChI=1S/C13H9N3O2S2/c17-10(12(18)13-14-7-15-16-13)4-8-5-19-6-9(8)11-2-1-3-20-11/h1-3,5-7H,4H2,(H,14,15,16). The minimum atomic E-state index is -0.633. The zero-order valence-corrected chi connectivity index (χ0v) is 11.8. The van der Waals surface area contributed by atoms with Gasteiger partial charge in [0.05, 0.1) is 0 Å². The number of Topliss-reactive ketones (excluding diaryl/α,β-unsaturated/α-hetero) is 2. The summed E-state index contributed by atoms with van der Waals surface area (Å²) in [7, 11) is 0. The third kappa shape index (κ3) is 2.45. The van der Waals surface area contributed by atoms with Crippen LogP contribution in [0.15, 0.2) is 34.6 Å². The minimum Gasteiger partial charge on any atom is -0.290 e. The number of aromatic nitrogens is 3. The molecule has 0 aliphatic heterocycles. The number of H-pyrrole nitrogens is 1. The van der Waals surface area contributed by atoms with E-state index in [1.165, 1.54) is 17.7 Å². The third-order valence-electron chi connectivity index (χ3n) is 2.76. The Kier molecular flexibility index (Phi) is 3.53. The Morgan fingerprint density at radius 3 is 2.90 bits per heavy atom. The first kappa shape index (κ1) is 12.9. The van der Waals surface area contributed by atoms with E-state index in [1.807, 2.05) is 28.3 Å². The molecular weight excluding hydrogens is 294 g/mol. The van der Waals surface area contributed by atoms with E-state index in [9.17, 15) is 9.59 Å². The molecule has 0 aromatic carbocycles. The molecule has 0 saturated heterocycles. The lowest BCUT2D eigenvalue weighted by atomic mass is 10.0. The summed E-state index contributed by atoms with van der Waals surface area (Å²) in [5.74, 6) is -1.13. The molecule has 0 aliphatic rings. The van der Waals surface area contributed by atoms with Crippen molar-refractivity contribution in [3.8, 4) is 10.4 Å². The number of rotatable bonds is 5. The van der Waals surface area contributed by atoms with Crippen LogP contribution in [0.4, 0.5) is 0 Å². The van der Waals surface area contributed by atoms with E-state index >= 15 is 0 Å². The van der Waals surface area contributed by atoms with E-state index < -0.39 is 11.6 Å². The van der Waals surface area contributed by atoms with Gasteiger partial charge in [0.25, 0.3) is 5.78 Å². The predicted molar refractivity (Wildman–Crippen MR) is 77.1 cm³/mol. The number of hydrogen-bond acceptors (Lipinski definition) is 6. The van der Waals surface area contributed by atoms with Crippen LogP contribution in [0.3, 0.4) is 0 Å². The number of nitrogens with one attached hydrogen (secondary N) is 1. The molecular formula is C13H9N3O2S2. The molecule has 3 rings (SSSR count). The molecule has 0 aliphatic carbocycles. The van der Waals surface area contributed by atoms with Crippen LogP contribution in [-0.4, -0.2) is 26.7 Å². The first-order valence-electron chi connectivity index (χ1n) is 5.77. The summed E-state index contributed by atoms with van der Waals surface area (Å²) in [6.45, 7) is 0. The van der Waals surface area contributed by atoms with Gasteiger partial charge in [-0.05, 0) is 27.8 Å². The normalized spacial score (nSPS) is 10.6. The average molecular weight is 303 g/mol. The number of ketones is 2. The number of hydrogen-bond donors (Lipinski definition) is 1. The maximum atomic E-state index is 12.0. The van der Waals surface area contributed by atoms with E-state index in [0.29, 0.717) is 0 Å². The van der Waals surface area contributed by atoms with Crippen molar-refractivity contribution in [2.24, 2.45) is 0 Å². The van der Waals surface area contributed by atoms with Crippen molar-refractivity contribution in [3.63, 3.8) is 0 Å². The Bertz CT molecular complexity index is 730. The Balaban J connectivity index is 1.81. The highest BCUT2D eigenvalue weighted by atomic mass is 32.1. The molecule has 1 N–H and O–H groups in total. The van der Waals surface area contributed by atoms with Crippen molar-refractivity contribution >= 4 is 34.2 Å². The summed E-state index contributed by atoms with van der Waals surface area (Å²) in [4.78, 5) is 28.7. The first-order valence-corrected chi connectivity index (χ1v) is 7.60. The summed E-state index contributed by atoms with van der Waals surface area (Å²) < 4.78 is 0. The monoisotopic (exact) mass is 303 g/mol. The molecule has 20 heavy (non-hydrogen) atoms. The van der Waals surface area contributed by atoms with E-state index in [-0.39, 0.29) is 12.2 Å². The van der Waals surface area contributed by atoms with E-state index in [2.05, 4.69) is 15.2 Å². The molecule has 3 aromatic rings. The maximum absolute atomic E-state index is 12.0. The quantitative estimate of drug-likeness (QED) is 0.580. The van der Waals surface area contributed by atoms with Crippen LogP contribution in [0, 0.1) is 0 Å². The van der Waals surface area contributed by atoms with Gasteiger partial charge in [0.2, 0.25) is 5.78 Å². The molecule has 100 valence electrons. The lowest BCUT2D eigenvalue weighted by molar-refractivity contribution is -0.114. The van der Waals surface area contributed by atoms with Gasteiger partial charge >= 0.3 is 0 Å². The second-order valence-corrected chi connectivity index (χ2v) is 5.74. The Morgan fingerprint density at radius 2 is 2.20 bits per heavy atom. The van der Waals surface area contributed by atoms with Crippen molar-refractivity contribution in [2.45, 2.75) is 6.42 Å². The average Bonchev–Trinajstić information content (AvgIpc) is 3.19. The van der Waals surface area contributed by atoms with Crippen LogP contribution in [0.5, 0.6) is 0 Å². The Labute approximate surface area is 122 Å². The van der Waals surface area contributed by atoms with Crippen molar-refractivity contribution < 1.29 is 9.59 Å². The summed E-state index contributed by atoms with van der Waals surface area (Å²) in [5.41, 5.74) is 1.89. The van der Waals surface area contributed by atoms with Crippen molar-refractivity contribution in [2.75, 3.05) is 0 Å². The SMILES string of the molecule is O=C(Cc1cscc1-c1cccs1)C(=O)c1ncn[nH]1. The summed E-state index contributed by atoms with van der Waals surface area (Å²) in [6, 6.07) is 3.96. The second kappa shape index (κ2) is 5.48. The maximum Gasteiger partial charge on any atom is 0.265 e. The summed E-state index contributed by atoms with van der Waals surface area (Å²) in [5, 5.41) is 11.9. The highest BCUT2D eigenvalue weighted by Crippen LogP contribution is 2.31. The lowest BCUT2D eigenvalue weighted by Gasteiger charge is -2.00. The van der Waals surface area contributed by atoms with E-state index in [0.717, 1.165) is 16.0 Å².